The van der Waals surface area contributed by atoms with E-state index in [1.165, 1.54) is 0 Å². The van der Waals surface area contributed by atoms with E-state index in [2.05, 4.69) is 22.5 Å². The minimum absolute atomic E-state index is 0.00136. The average Bonchev–Trinajstić information content (AvgIpc) is 2.98. The summed E-state index contributed by atoms with van der Waals surface area (Å²) in [6.07, 6.45) is 2.24. The van der Waals surface area contributed by atoms with Crippen molar-refractivity contribution in [2.45, 2.75) is 32.2 Å². The van der Waals surface area contributed by atoms with Crippen molar-refractivity contribution in [3.63, 3.8) is 0 Å². The van der Waals surface area contributed by atoms with Crippen LogP contribution in [0, 0.1) is 17.8 Å². The number of likely N-dealkylation sites (tertiary alicyclic amines) is 1. The molecule has 0 bridgehead atoms. The van der Waals surface area contributed by atoms with Crippen LogP contribution < -0.4 is 10.6 Å². The van der Waals surface area contributed by atoms with E-state index in [0.717, 1.165) is 26.1 Å². The Bertz CT molecular complexity index is 375. The smallest absolute Gasteiger partial charge is 0.227 e. The lowest BCUT2D eigenvalue weighted by Crippen LogP contribution is -2.47. The number of amides is 2. The van der Waals surface area contributed by atoms with Crippen molar-refractivity contribution >= 4 is 11.8 Å². The second-order valence-electron chi connectivity index (χ2n) is 6.09. The molecule has 3 rings (SSSR count). The van der Waals surface area contributed by atoms with Crippen molar-refractivity contribution in [1.82, 2.24) is 15.5 Å². The third-order valence-electron chi connectivity index (χ3n) is 5.03. The van der Waals surface area contributed by atoms with Crippen LogP contribution in [0.2, 0.25) is 0 Å². The molecule has 106 valence electrons. The molecule has 4 unspecified atom stereocenters. The second-order valence-corrected chi connectivity index (χ2v) is 6.09. The molecule has 3 heterocycles. The summed E-state index contributed by atoms with van der Waals surface area (Å²) in [5, 5.41) is 6.26. The molecule has 2 amide bonds. The largest absolute Gasteiger partial charge is 0.355 e. The second kappa shape index (κ2) is 5.12. The highest BCUT2D eigenvalue weighted by Crippen LogP contribution is 2.35. The third-order valence-corrected chi connectivity index (χ3v) is 5.03. The molecule has 0 aliphatic carbocycles. The standard InChI is InChI=1S/C14H23N3O2/c1-2-12-11-7-15-5-10(11)8-17(12)14(19)9-3-4-13(18)16-6-9/h9-12,15H,2-8H2,1H3,(H,16,18). The Balaban J connectivity index is 1.68. The van der Waals surface area contributed by atoms with Crippen LogP contribution >= 0.6 is 0 Å². The van der Waals surface area contributed by atoms with Gasteiger partial charge < -0.3 is 15.5 Å². The number of nitrogens with one attached hydrogen (secondary N) is 2. The van der Waals surface area contributed by atoms with E-state index in [0.29, 0.717) is 37.3 Å². The van der Waals surface area contributed by atoms with Crippen LogP contribution in [0.3, 0.4) is 0 Å². The van der Waals surface area contributed by atoms with Crippen molar-refractivity contribution in [1.29, 1.82) is 0 Å². The molecule has 5 nitrogen and oxygen atoms in total. The lowest BCUT2D eigenvalue weighted by atomic mass is 9.92. The Morgan fingerprint density at radius 1 is 1.37 bits per heavy atom. The van der Waals surface area contributed by atoms with E-state index in [-0.39, 0.29) is 17.7 Å². The van der Waals surface area contributed by atoms with E-state index in [1.807, 2.05) is 0 Å². The Labute approximate surface area is 114 Å². The fourth-order valence-electron chi connectivity index (χ4n) is 3.98. The number of nitrogens with zero attached hydrogens (tertiary/aromatic N) is 1. The van der Waals surface area contributed by atoms with Crippen molar-refractivity contribution in [2.24, 2.45) is 17.8 Å². The molecule has 19 heavy (non-hydrogen) atoms. The van der Waals surface area contributed by atoms with E-state index < -0.39 is 0 Å². The Morgan fingerprint density at radius 3 is 2.89 bits per heavy atom. The maximum atomic E-state index is 12.7. The zero-order chi connectivity index (χ0) is 13.4. The lowest BCUT2D eigenvalue weighted by molar-refractivity contribution is -0.138. The van der Waals surface area contributed by atoms with Crippen molar-refractivity contribution in [2.75, 3.05) is 26.2 Å². The van der Waals surface area contributed by atoms with Gasteiger partial charge in [0, 0.05) is 38.6 Å². The van der Waals surface area contributed by atoms with Gasteiger partial charge in [0.15, 0.2) is 0 Å². The third kappa shape index (κ3) is 2.24. The monoisotopic (exact) mass is 265 g/mol. The van der Waals surface area contributed by atoms with E-state index in [4.69, 9.17) is 0 Å². The molecule has 0 radical (unpaired) electrons. The summed E-state index contributed by atoms with van der Waals surface area (Å²) in [4.78, 5) is 26.0. The fourth-order valence-corrected chi connectivity index (χ4v) is 3.98. The number of fused-ring (bicyclic) bond motifs is 1. The molecular formula is C14H23N3O2. The van der Waals surface area contributed by atoms with Gasteiger partial charge in [-0.1, -0.05) is 6.92 Å². The van der Waals surface area contributed by atoms with Crippen LogP contribution in [0.1, 0.15) is 26.2 Å². The van der Waals surface area contributed by atoms with Gasteiger partial charge in [-0.05, 0) is 24.7 Å². The van der Waals surface area contributed by atoms with Gasteiger partial charge >= 0.3 is 0 Å². The molecule has 2 N–H and O–H groups in total. The molecule has 3 aliphatic heterocycles. The lowest BCUT2D eigenvalue weighted by Gasteiger charge is -2.32. The van der Waals surface area contributed by atoms with Gasteiger partial charge in [0.05, 0.1) is 5.92 Å². The summed E-state index contributed by atoms with van der Waals surface area (Å²) in [7, 11) is 0. The SMILES string of the molecule is CCC1C2CNCC2CN1C(=O)C1CCC(=O)NC1. The number of hydrogen-bond donors (Lipinski definition) is 2. The quantitative estimate of drug-likeness (QED) is 0.737. The van der Waals surface area contributed by atoms with E-state index in [9.17, 15) is 9.59 Å². The Hall–Kier alpha value is -1.10. The molecule has 0 aromatic rings. The summed E-state index contributed by atoms with van der Waals surface area (Å²) in [6.45, 7) is 5.70. The van der Waals surface area contributed by atoms with Gasteiger partial charge in [-0.2, -0.15) is 0 Å². The van der Waals surface area contributed by atoms with Gasteiger partial charge in [-0.15, -0.1) is 0 Å². The molecule has 0 aromatic heterocycles. The minimum Gasteiger partial charge on any atom is -0.355 e. The van der Waals surface area contributed by atoms with Crippen LogP contribution in [0.25, 0.3) is 0 Å². The Morgan fingerprint density at radius 2 is 2.21 bits per heavy atom. The summed E-state index contributed by atoms with van der Waals surface area (Å²) >= 11 is 0. The molecule has 3 fully saturated rings. The first-order valence-corrected chi connectivity index (χ1v) is 7.48. The highest BCUT2D eigenvalue weighted by atomic mass is 16.2. The predicted octanol–water partition coefficient (Wildman–Crippen LogP) is -0.0310. The molecule has 0 spiro atoms. The van der Waals surface area contributed by atoms with Gasteiger partial charge in [0.1, 0.15) is 0 Å². The van der Waals surface area contributed by atoms with Crippen LogP contribution in [0.4, 0.5) is 0 Å². The minimum atomic E-state index is -0.00136. The summed E-state index contributed by atoms with van der Waals surface area (Å²) in [6, 6.07) is 0.394. The van der Waals surface area contributed by atoms with Crippen LogP contribution in [0.5, 0.6) is 0 Å². The number of rotatable bonds is 2. The van der Waals surface area contributed by atoms with E-state index >= 15 is 0 Å². The van der Waals surface area contributed by atoms with Crippen molar-refractivity contribution < 1.29 is 9.59 Å². The first kappa shape index (κ1) is 12.9. The fraction of sp³-hybridized carbons (Fsp3) is 0.857. The first-order chi connectivity index (χ1) is 9.20. The van der Waals surface area contributed by atoms with E-state index in [1.54, 1.807) is 0 Å². The maximum Gasteiger partial charge on any atom is 0.227 e. The molecule has 0 aromatic carbocycles. The van der Waals surface area contributed by atoms with Gasteiger partial charge in [0.25, 0.3) is 0 Å². The predicted molar refractivity (Wildman–Crippen MR) is 71.4 cm³/mol. The molecule has 3 saturated heterocycles. The zero-order valence-electron chi connectivity index (χ0n) is 11.5. The molecule has 3 aliphatic rings. The summed E-state index contributed by atoms with van der Waals surface area (Å²) in [5.74, 6) is 1.61. The molecular weight excluding hydrogens is 242 g/mol. The van der Waals surface area contributed by atoms with Crippen molar-refractivity contribution in [3.8, 4) is 0 Å². The zero-order valence-corrected chi connectivity index (χ0v) is 11.5. The topological polar surface area (TPSA) is 61.4 Å². The maximum absolute atomic E-state index is 12.7. The molecule has 4 atom stereocenters. The first-order valence-electron chi connectivity index (χ1n) is 7.48. The molecule has 0 saturated carbocycles. The van der Waals surface area contributed by atoms with Gasteiger partial charge in [-0.25, -0.2) is 0 Å². The van der Waals surface area contributed by atoms with Crippen LogP contribution in [0.15, 0.2) is 0 Å². The van der Waals surface area contributed by atoms with Gasteiger partial charge in [0.2, 0.25) is 11.8 Å². The van der Waals surface area contributed by atoms with Crippen LogP contribution in [-0.2, 0) is 9.59 Å². The Kier molecular flexibility index (Phi) is 3.48. The van der Waals surface area contributed by atoms with Crippen LogP contribution in [-0.4, -0.2) is 48.9 Å². The average molecular weight is 265 g/mol. The van der Waals surface area contributed by atoms with Gasteiger partial charge in [-0.3, -0.25) is 9.59 Å². The number of carbonyl (C=O) groups is 2. The molecule has 5 heteroatoms. The normalized spacial score (nSPS) is 38.2. The highest BCUT2D eigenvalue weighted by Gasteiger charge is 2.46. The number of piperidine rings is 1. The highest BCUT2D eigenvalue weighted by molar-refractivity contribution is 5.84. The summed E-state index contributed by atoms with van der Waals surface area (Å²) < 4.78 is 0. The summed E-state index contributed by atoms with van der Waals surface area (Å²) in [5.41, 5.74) is 0. The van der Waals surface area contributed by atoms with Crippen molar-refractivity contribution in [3.05, 3.63) is 0 Å². The number of hydrogen-bond acceptors (Lipinski definition) is 3. The number of carbonyl (C=O) groups excluding carboxylic acids is 2.